The van der Waals surface area contributed by atoms with Gasteiger partial charge in [-0.15, -0.1) is 0 Å². The predicted octanol–water partition coefficient (Wildman–Crippen LogP) is -7.03. The summed E-state index contributed by atoms with van der Waals surface area (Å²) >= 11 is 0. The maximum Gasteiger partial charge on any atom is 0.335 e. The SMILES string of the molecule is C[C@@H]1O[C@H](OC(=O)[C@]23CCC(C)(C)C[C@H]2C2=CCC4[C@@]5(C)CC[C@H](O[C@@H]6O[C@H](C(=O)O)[C@@H](O)[C@H](O[C@@H]7OC[C@H](O)[C@H](O)[C@H]7O)[C@H]6O[C@@H]6O[C@H](CO)[C@H](O)[C@H](O)[C@H]6O)[C@@](C)(C=O)C5CC[C@@]4(C)[C@]2(C)CC3)[C@@H](O[C@@H]2O[C@@H](C)[C@H](O[C@H]3OC[C@H](O)[C@@H](O)[C@@H]3O)[C@H](O[C@H]3O[C@@H](CO)[C@H](O)[C@@H](OC(=O)C(N)CCCN=C(N)N)[C@@H]3O)[C@H]2O)[C@H](O)[C@@H]1O. The number of allylic oxidation sites excluding steroid dienone is 2. The largest absolute Gasteiger partial charge is 0.479 e. The number of ether oxygens (including phenoxy) is 15. The highest BCUT2D eigenvalue weighted by atomic mass is 16.8. The van der Waals surface area contributed by atoms with Crippen LogP contribution in [-0.4, -0.2) is 370 Å². The van der Waals surface area contributed by atoms with Crippen molar-refractivity contribution < 1.29 is 182 Å². The molecule has 668 valence electrons. The Bertz CT molecular complexity index is 3500. The number of carbonyl (C=O) groups excluding carboxylic acids is 3. The molecule has 12 rings (SSSR count). The van der Waals surface area contributed by atoms with E-state index in [0.717, 1.165) is 11.9 Å². The van der Waals surface area contributed by atoms with Crippen molar-refractivity contribution in [3.8, 4) is 0 Å². The van der Waals surface area contributed by atoms with Crippen LogP contribution in [0.1, 0.15) is 132 Å². The number of aliphatic imine (C=N–C) groups is 1. The quantitative estimate of drug-likeness (QED) is 0.00812. The zero-order valence-electron chi connectivity index (χ0n) is 66.6. The molecule has 41 nitrogen and oxygen atoms in total. The first-order valence-electron chi connectivity index (χ1n) is 40.4. The highest BCUT2D eigenvalue weighted by Crippen LogP contribution is 2.76. The molecule has 12 aliphatic rings. The normalized spacial score (nSPS) is 50.8. The van der Waals surface area contributed by atoms with E-state index in [9.17, 15) is 106 Å². The van der Waals surface area contributed by atoms with Crippen LogP contribution in [0.3, 0.4) is 0 Å². The van der Waals surface area contributed by atoms with E-state index in [-0.39, 0.29) is 49.5 Å². The summed E-state index contributed by atoms with van der Waals surface area (Å²) in [5, 5.41) is 200. The summed E-state index contributed by atoms with van der Waals surface area (Å²) in [5.74, 6) is -4.86. The molecule has 0 radical (unpaired) electrons. The number of fused-ring (bicyclic) bond motifs is 7. The highest BCUT2D eigenvalue weighted by Gasteiger charge is 2.72. The van der Waals surface area contributed by atoms with Crippen LogP contribution in [-0.2, 0) is 90.2 Å². The highest BCUT2D eigenvalue weighted by molar-refractivity contribution is 5.79. The van der Waals surface area contributed by atoms with Gasteiger partial charge in [-0.05, 0) is 130 Å². The lowest BCUT2D eigenvalue weighted by Gasteiger charge is -2.71. The second kappa shape index (κ2) is 35.8. The molecule has 7 heterocycles. The summed E-state index contributed by atoms with van der Waals surface area (Å²) in [7, 11) is 0. The molecule has 0 bridgehead atoms. The lowest BCUT2D eigenvalue weighted by atomic mass is 9.33. The third kappa shape index (κ3) is 17.1. The van der Waals surface area contributed by atoms with Gasteiger partial charge in [-0.1, -0.05) is 53.2 Å². The van der Waals surface area contributed by atoms with Gasteiger partial charge < -0.3 is 185 Å². The first-order valence-corrected chi connectivity index (χ1v) is 40.4. The third-order valence-corrected chi connectivity index (χ3v) is 28.3. The van der Waals surface area contributed by atoms with Crippen molar-refractivity contribution in [1.29, 1.82) is 0 Å². The minimum atomic E-state index is -2.23. The van der Waals surface area contributed by atoms with Gasteiger partial charge in [0.2, 0.25) is 6.29 Å². The number of nitrogens with zero attached hydrogens (tertiary/aromatic N) is 1. The van der Waals surface area contributed by atoms with Crippen LogP contribution in [0, 0.1) is 50.2 Å². The van der Waals surface area contributed by atoms with Crippen LogP contribution in [0.2, 0.25) is 0 Å². The number of aliphatic hydroxyl groups is 17. The van der Waals surface area contributed by atoms with Crippen molar-refractivity contribution in [3.05, 3.63) is 11.6 Å². The summed E-state index contributed by atoms with van der Waals surface area (Å²) in [5.41, 5.74) is 13.1. The molecule has 7 saturated heterocycles. The van der Waals surface area contributed by atoms with E-state index in [4.69, 9.17) is 88.3 Å². The Morgan fingerprint density at radius 3 is 1.70 bits per heavy atom. The molecule has 117 heavy (non-hydrogen) atoms. The molecule has 4 saturated carbocycles. The van der Waals surface area contributed by atoms with E-state index >= 15 is 4.79 Å². The second-order valence-electron chi connectivity index (χ2n) is 35.9. The average Bonchev–Trinajstić information content (AvgIpc) is 0.673. The number of nitrogens with two attached hydrogens (primary N) is 3. The van der Waals surface area contributed by atoms with Crippen molar-refractivity contribution >= 4 is 30.2 Å². The number of carboxylic acid groups (broad SMARTS) is 1. The van der Waals surface area contributed by atoms with Crippen LogP contribution in [0.4, 0.5) is 0 Å². The molecule has 41 heteroatoms. The molecule has 3 unspecified atom stereocenters. The number of carboxylic acids is 1. The summed E-state index contributed by atoms with van der Waals surface area (Å²) < 4.78 is 91.4. The maximum absolute atomic E-state index is 16.0. The summed E-state index contributed by atoms with van der Waals surface area (Å²) in [6.07, 6.45) is -55.6. The standard InChI is InChI=1S/C76H122N4O37/c1-28-40(86)46(92)58(115-65-52(98)56(53(29(2)106-65)111-62-47(93)41(87)33(84)25-103-62)113-66-51(97)54(44(90)36(24-82)108-66)110-61(101)32(77)10-9-21-80-70(78)79)67(105-28)117-69(102)76-19-17-71(3,4)22-31(76)30-11-12-38-72(5)15-14-39(73(6,27-83)37(72)13-16-75(38,8)74(30,7)18-20-76)109-68-59(116-64-49(95)45(91)43(89)35(23-81)107-64)55(50(96)57(114-68)60(99)100)112-63-48(94)42(88)34(85)26-104-63/h11,27-29,31-59,62-68,81-82,84-98H,9-10,12-26,77H2,1-8H3,(H,99,100)(H4,78,79,80)/t28-,29-,31-,32?,33-,34-,35+,36-,37?,38?,39-,40+,41+,42-,43-,44-,45-,46+,47-,48+,49+,50-,51-,52+,53-,54+,55-,56+,57-,58-,59+,62+,63-,64-,65-,66+,67+,68+,72-,73-,74+,75+,76-/m0/s1. The molecule has 5 aliphatic carbocycles. The van der Waals surface area contributed by atoms with Crippen molar-refractivity contribution in [1.82, 2.24) is 0 Å². The van der Waals surface area contributed by atoms with E-state index < -0.39 is 298 Å². The molecule has 24 N–H and O–H groups in total. The average molecular weight is 1680 g/mol. The summed E-state index contributed by atoms with van der Waals surface area (Å²) in [6, 6.07) is -1.34. The first-order chi connectivity index (χ1) is 55.0. The van der Waals surface area contributed by atoms with E-state index in [1.807, 2.05) is 0 Å². The summed E-state index contributed by atoms with van der Waals surface area (Å²) in [4.78, 5) is 60.7. The zero-order chi connectivity index (χ0) is 85.6. The Morgan fingerprint density at radius 2 is 1.09 bits per heavy atom. The number of guanidine groups is 1. The van der Waals surface area contributed by atoms with Gasteiger partial charge in [-0.25, -0.2) is 4.79 Å². The van der Waals surface area contributed by atoms with Crippen molar-refractivity contribution in [2.24, 2.45) is 72.4 Å². The van der Waals surface area contributed by atoms with Gasteiger partial charge >= 0.3 is 17.9 Å². The molecule has 11 fully saturated rings. The van der Waals surface area contributed by atoms with E-state index in [0.29, 0.717) is 51.4 Å². The number of rotatable bonds is 24. The molecule has 0 aromatic heterocycles. The number of aldehydes is 1. The van der Waals surface area contributed by atoms with Gasteiger partial charge in [0.15, 0.2) is 62.0 Å². The molecule has 0 spiro atoms. The van der Waals surface area contributed by atoms with Crippen LogP contribution < -0.4 is 17.2 Å². The molecular weight excluding hydrogens is 1560 g/mol. The molecular formula is C76H122N4O37. The minimum absolute atomic E-state index is 0.0225. The van der Waals surface area contributed by atoms with E-state index in [1.165, 1.54) is 13.8 Å². The smallest absolute Gasteiger partial charge is 0.335 e. The van der Waals surface area contributed by atoms with E-state index in [2.05, 4.69) is 45.7 Å². The van der Waals surface area contributed by atoms with Gasteiger partial charge in [0.05, 0.1) is 55.6 Å². The first kappa shape index (κ1) is 92.0. The number of hydrogen-bond donors (Lipinski definition) is 21. The maximum atomic E-state index is 16.0. The van der Waals surface area contributed by atoms with Gasteiger partial charge in [0, 0.05) is 6.54 Å². The van der Waals surface area contributed by atoms with Gasteiger partial charge in [0.1, 0.15) is 141 Å². The second-order valence-corrected chi connectivity index (χ2v) is 35.9. The molecule has 0 aromatic rings. The van der Waals surface area contributed by atoms with Crippen molar-refractivity contribution in [3.63, 3.8) is 0 Å². The number of esters is 2. The Hall–Kier alpha value is -4.15. The number of hydrogen-bond acceptors (Lipinski definition) is 38. The van der Waals surface area contributed by atoms with Gasteiger partial charge in [0.25, 0.3) is 0 Å². The summed E-state index contributed by atoms with van der Waals surface area (Å²) in [6.45, 7) is 12.5. The van der Waals surface area contributed by atoms with E-state index in [1.54, 1.807) is 6.92 Å². The van der Waals surface area contributed by atoms with Crippen LogP contribution in [0.25, 0.3) is 0 Å². The lowest BCUT2D eigenvalue weighted by molar-refractivity contribution is -0.394. The monoisotopic (exact) mass is 1680 g/mol. The molecule has 0 aromatic carbocycles. The third-order valence-electron chi connectivity index (χ3n) is 28.3. The van der Waals surface area contributed by atoms with Crippen LogP contribution in [0.15, 0.2) is 16.6 Å². The fourth-order valence-corrected chi connectivity index (χ4v) is 21.1. The number of aliphatic hydroxyl groups excluding tert-OH is 17. The fourth-order valence-electron chi connectivity index (χ4n) is 21.1. The van der Waals surface area contributed by atoms with Crippen molar-refractivity contribution in [2.75, 3.05) is 33.0 Å². The van der Waals surface area contributed by atoms with Gasteiger partial charge in [-0.3, -0.25) is 14.6 Å². The molecule has 0 amide bonds. The lowest BCUT2D eigenvalue weighted by Crippen LogP contribution is -2.69. The Kier molecular flexibility index (Phi) is 28.2. The van der Waals surface area contributed by atoms with Crippen LogP contribution >= 0.6 is 0 Å². The number of aliphatic carboxylic acids is 1. The van der Waals surface area contributed by atoms with Gasteiger partial charge in [-0.2, -0.15) is 0 Å². The zero-order valence-corrected chi connectivity index (χ0v) is 66.6. The Morgan fingerprint density at radius 1 is 0.538 bits per heavy atom. The fraction of sp³-hybridized carbons (Fsp3) is 0.908. The molecule has 7 aliphatic heterocycles. The van der Waals surface area contributed by atoms with Crippen LogP contribution in [0.5, 0.6) is 0 Å². The number of carbonyl (C=O) groups is 4. The topological polar surface area (TPSA) is 661 Å². The Balaban J connectivity index is 0.800. The minimum Gasteiger partial charge on any atom is -0.479 e. The predicted molar refractivity (Wildman–Crippen MR) is 389 cm³/mol. The Labute approximate surface area is 674 Å². The van der Waals surface area contributed by atoms with Crippen molar-refractivity contribution in [2.45, 2.75) is 347 Å². The molecule has 43 atom stereocenters.